The van der Waals surface area contributed by atoms with Crippen LogP contribution in [0.4, 0.5) is 5.82 Å². The highest BCUT2D eigenvalue weighted by molar-refractivity contribution is 5.83. The Labute approximate surface area is 168 Å². The molecule has 0 unspecified atom stereocenters. The largest absolute Gasteiger partial charge is 0.495 e. The van der Waals surface area contributed by atoms with Gasteiger partial charge in [0.05, 0.1) is 30.7 Å². The lowest BCUT2D eigenvalue weighted by Gasteiger charge is -2.41. The first-order chi connectivity index (χ1) is 14.3. The minimum absolute atomic E-state index is 0.0545. The predicted molar refractivity (Wildman–Crippen MR) is 112 cm³/mol. The van der Waals surface area contributed by atoms with Crippen LogP contribution in [0.15, 0.2) is 54.9 Å². The van der Waals surface area contributed by atoms with Crippen molar-refractivity contribution in [2.24, 2.45) is 0 Å². The number of aromatic nitrogens is 5. The topological polar surface area (TPSA) is 88.6 Å². The smallest absolute Gasteiger partial charge is 0.148 e. The summed E-state index contributed by atoms with van der Waals surface area (Å²) in [6.07, 6.45) is 7.07. The molecule has 0 aliphatic heterocycles. The molecule has 3 heterocycles. The minimum Gasteiger partial charge on any atom is -0.495 e. The number of H-pyrrole nitrogens is 1. The van der Waals surface area contributed by atoms with Crippen molar-refractivity contribution in [3.05, 3.63) is 60.6 Å². The van der Waals surface area contributed by atoms with Gasteiger partial charge in [-0.2, -0.15) is 5.10 Å². The van der Waals surface area contributed by atoms with Crippen LogP contribution in [0, 0.1) is 0 Å². The molecular weight excluding hydrogens is 364 g/mol. The van der Waals surface area contributed by atoms with E-state index in [-0.39, 0.29) is 5.41 Å². The summed E-state index contributed by atoms with van der Waals surface area (Å²) in [4.78, 5) is 4.62. The first-order valence-electron chi connectivity index (χ1n) is 9.77. The molecule has 1 aromatic carbocycles. The average molecular weight is 386 g/mol. The maximum absolute atomic E-state index is 5.23. The number of fused-ring (bicyclic) bond motifs is 1. The van der Waals surface area contributed by atoms with E-state index < -0.39 is 0 Å². The number of nitrogens with one attached hydrogen (secondary N) is 2. The Morgan fingerprint density at radius 2 is 2.00 bits per heavy atom. The van der Waals surface area contributed by atoms with Crippen LogP contribution in [-0.2, 0) is 5.41 Å². The zero-order valence-electron chi connectivity index (χ0n) is 16.2. The van der Waals surface area contributed by atoms with Crippen molar-refractivity contribution in [2.75, 3.05) is 19.0 Å². The van der Waals surface area contributed by atoms with Crippen molar-refractivity contribution in [3.63, 3.8) is 0 Å². The van der Waals surface area contributed by atoms with Gasteiger partial charge in [-0.25, -0.2) is 0 Å². The fraction of sp³-hybridized carbons (Fsp3) is 0.273. The molecule has 1 aliphatic carbocycles. The quantitative estimate of drug-likeness (QED) is 0.521. The van der Waals surface area contributed by atoms with Gasteiger partial charge >= 0.3 is 0 Å². The fourth-order valence-corrected chi connectivity index (χ4v) is 3.88. The molecule has 1 fully saturated rings. The molecule has 0 saturated heterocycles. The molecule has 0 bridgehead atoms. The van der Waals surface area contributed by atoms with Crippen molar-refractivity contribution >= 4 is 16.7 Å². The van der Waals surface area contributed by atoms with E-state index in [4.69, 9.17) is 4.74 Å². The summed E-state index contributed by atoms with van der Waals surface area (Å²) < 4.78 is 5.23. The van der Waals surface area contributed by atoms with Crippen LogP contribution in [0.3, 0.4) is 0 Å². The molecule has 3 aromatic heterocycles. The van der Waals surface area contributed by atoms with Gasteiger partial charge in [-0.3, -0.25) is 10.1 Å². The van der Waals surface area contributed by atoms with Crippen molar-refractivity contribution in [1.82, 2.24) is 25.4 Å². The Morgan fingerprint density at radius 1 is 1.07 bits per heavy atom. The number of hydrogen-bond donors (Lipinski definition) is 2. The third kappa shape index (κ3) is 3.29. The van der Waals surface area contributed by atoms with E-state index in [0.29, 0.717) is 0 Å². The summed E-state index contributed by atoms with van der Waals surface area (Å²) in [5.41, 5.74) is 4.04. The van der Waals surface area contributed by atoms with E-state index in [0.717, 1.165) is 58.8 Å². The summed E-state index contributed by atoms with van der Waals surface area (Å²) in [5.74, 6) is 1.56. The third-order valence-electron chi connectivity index (χ3n) is 5.83. The van der Waals surface area contributed by atoms with Crippen LogP contribution in [-0.4, -0.2) is 39.0 Å². The maximum atomic E-state index is 5.23. The number of pyridine rings is 1. The number of anilines is 1. The summed E-state index contributed by atoms with van der Waals surface area (Å²) >= 11 is 0. The Morgan fingerprint density at radius 3 is 2.69 bits per heavy atom. The average Bonchev–Trinajstić information content (AvgIpc) is 3.22. The van der Waals surface area contributed by atoms with Gasteiger partial charge in [-0.05, 0) is 49.2 Å². The van der Waals surface area contributed by atoms with Gasteiger partial charge in [0.15, 0.2) is 0 Å². The first-order valence-corrected chi connectivity index (χ1v) is 9.77. The molecule has 29 heavy (non-hydrogen) atoms. The van der Waals surface area contributed by atoms with E-state index in [1.54, 1.807) is 13.3 Å². The van der Waals surface area contributed by atoms with Crippen LogP contribution < -0.4 is 10.1 Å². The molecule has 0 radical (unpaired) electrons. The van der Waals surface area contributed by atoms with Gasteiger partial charge in [0.2, 0.25) is 0 Å². The molecule has 146 valence electrons. The number of aromatic amines is 1. The number of nitrogens with zero attached hydrogens (tertiary/aromatic N) is 4. The fourth-order valence-electron chi connectivity index (χ4n) is 3.88. The number of methoxy groups -OCH3 is 1. The number of benzene rings is 1. The minimum atomic E-state index is 0.0545. The second kappa shape index (κ2) is 7.16. The molecule has 7 nitrogen and oxygen atoms in total. The third-order valence-corrected chi connectivity index (χ3v) is 5.83. The van der Waals surface area contributed by atoms with Crippen molar-refractivity contribution in [2.45, 2.75) is 24.7 Å². The lowest BCUT2D eigenvalue weighted by Crippen LogP contribution is -2.41. The van der Waals surface area contributed by atoms with Crippen LogP contribution in [0.2, 0.25) is 0 Å². The van der Waals surface area contributed by atoms with Crippen LogP contribution >= 0.6 is 0 Å². The normalized spacial score (nSPS) is 15.1. The van der Waals surface area contributed by atoms with E-state index in [1.165, 1.54) is 6.42 Å². The second-order valence-corrected chi connectivity index (χ2v) is 7.55. The molecule has 1 saturated carbocycles. The molecule has 4 aromatic rings. The van der Waals surface area contributed by atoms with Crippen molar-refractivity contribution in [1.29, 1.82) is 0 Å². The zero-order valence-corrected chi connectivity index (χ0v) is 16.2. The van der Waals surface area contributed by atoms with E-state index in [1.807, 2.05) is 36.5 Å². The Hall–Kier alpha value is -3.48. The molecule has 0 amide bonds. The highest BCUT2D eigenvalue weighted by Gasteiger charge is 2.39. The van der Waals surface area contributed by atoms with Crippen LogP contribution in [0.25, 0.3) is 22.2 Å². The van der Waals surface area contributed by atoms with Gasteiger partial charge in [-0.1, -0.05) is 12.5 Å². The molecule has 5 rings (SSSR count). The summed E-state index contributed by atoms with van der Waals surface area (Å²) in [6.45, 7) is 0.793. The second-order valence-electron chi connectivity index (χ2n) is 7.55. The van der Waals surface area contributed by atoms with E-state index in [2.05, 4.69) is 42.8 Å². The maximum Gasteiger partial charge on any atom is 0.148 e. The van der Waals surface area contributed by atoms with Gasteiger partial charge in [0, 0.05) is 28.6 Å². The number of hydrogen-bond acceptors (Lipinski definition) is 6. The van der Waals surface area contributed by atoms with Gasteiger partial charge in [-0.15, -0.1) is 10.2 Å². The predicted octanol–water partition coefficient (Wildman–Crippen LogP) is 3.96. The Kier molecular flexibility index (Phi) is 4.35. The summed E-state index contributed by atoms with van der Waals surface area (Å²) in [5, 5.41) is 20.3. The monoisotopic (exact) mass is 386 g/mol. The van der Waals surface area contributed by atoms with Gasteiger partial charge in [0.1, 0.15) is 11.6 Å². The molecule has 2 N–H and O–H groups in total. The van der Waals surface area contributed by atoms with Crippen molar-refractivity contribution in [3.8, 4) is 17.0 Å². The first kappa shape index (κ1) is 17.6. The van der Waals surface area contributed by atoms with Gasteiger partial charge < -0.3 is 10.1 Å². The van der Waals surface area contributed by atoms with Gasteiger partial charge in [0.25, 0.3) is 0 Å². The van der Waals surface area contributed by atoms with Crippen LogP contribution in [0.5, 0.6) is 5.75 Å². The molecule has 0 atom stereocenters. The highest BCUT2D eigenvalue weighted by atomic mass is 16.5. The number of rotatable bonds is 6. The highest BCUT2D eigenvalue weighted by Crippen LogP contribution is 2.43. The number of ether oxygens (including phenoxy) is 1. The SMILES string of the molecule is COc1ccc(C2(CNc3ccc(-c4ccc5[nH]ncc5c4)nn3)CCC2)nc1. The Balaban J connectivity index is 1.30. The summed E-state index contributed by atoms with van der Waals surface area (Å²) in [6, 6.07) is 14.1. The van der Waals surface area contributed by atoms with E-state index in [9.17, 15) is 0 Å². The summed E-state index contributed by atoms with van der Waals surface area (Å²) in [7, 11) is 1.66. The van der Waals surface area contributed by atoms with Crippen molar-refractivity contribution < 1.29 is 4.74 Å². The molecule has 7 heteroatoms. The molecule has 1 aliphatic rings. The zero-order chi connectivity index (χ0) is 19.7. The molecule has 0 spiro atoms. The lowest BCUT2D eigenvalue weighted by molar-refractivity contribution is 0.252. The Bertz CT molecular complexity index is 1120. The lowest BCUT2D eigenvalue weighted by atomic mass is 9.66. The molecular formula is C22H22N6O. The van der Waals surface area contributed by atoms with Crippen LogP contribution in [0.1, 0.15) is 25.0 Å². The standard InChI is InChI=1S/C22H22N6O/c1-29-17-4-7-20(23-13-17)22(9-2-10-22)14-24-21-8-6-18(27-28-21)15-3-5-19-16(11-15)12-25-26-19/h3-8,11-13H,2,9-10,14H2,1H3,(H,24,28)(H,25,26). The van der Waals surface area contributed by atoms with E-state index >= 15 is 0 Å².